The molecule has 0 unspecified atom stereocenters. The number of para-hydroxylation sites is 2. The Bertz CT molecular complexity index is 1050. The van der Waals surface area contributed by atoms with Crippen molar-refractivity contribution in [2.45, 2.75) is 39.7 Å². The lowest BCUT2D eigenvalue weighted by atomic mass is 9.87. The maximum atomic E-state index is 12.9. The van der Waals surface area contributed by atoms with E-state index in [0.29, 0.717) is 36.0 Å². The fourth-order valence-corrected chi connectivity index (χ4v) is 3.28. The van der Waals surface area contributed by atoms with Gasteiger partial charge in [-0.1, -0.05) is 45.0 Å². The molecule has 0 aliphatic carbocycles. The summed E-state index contributed by atoms with van der Waals surface area (Å²) in [4.78, 5) is 12.9. The minimum absolute atomic E-state index is 0.0871. The lowest BCUT2D eigenvalue weighted by Crippen LogP contribution is -2.13. The molecule has 0 fully saturated rings. The van der Waals surface area contributed by atoms with E-state index in [4.69, 9.17) is 14.2 Å². The maximum Gasteiger partial charge on any atom is 0.255 e. The van der Waals surface area contributed by atoms with Crippen LogP contribution < -0.4 is 19.5 Å². The summed E-state index contributed by atoms with van der Waals surface area (Å²) in [7, 11) is 1.57. The standard InChI is InChI=1S/C27H31NO4/c1-6-31-24-16-11-19(26(29)28-23-9-7-8-10-25(23)30-5)17-20(24)18-32-22-14-12-21(13-15-22)27(2,3)4/h7-17H,6,18H2,1-5H3,(H,28,29). The van der Waals surface area contributed by atoms with E-state index in [1.807, 2.05) is 37.3 Å². The molecule has 3 aromatic rings. The molecule has 0 saturated heterocycles. The van der Waals surface area contributed by atoms with E-state index in [1.165, 1.54) is 5.56 Å². The number of amides is 1. The van der Waals surface area contributed by atoms with Gasteiger partial charge < -0.3 is 19.5 Å². The Balaban J connectivity index is 1.77. The van der Waals surface area contributed by atoms with Crippen LogP contribution in [-0.4, -0.2) is 19.6 Å². The summed E-state index contributed by atoms with van der Waals surface area (Å²) in [6, 6.07) is 20.8. The SMILES string of the molecule is CCOc1ccc(C(=O)Nc2ccccc2OC)cc1COc1ccc(C(C)(C)C)cc1. The molecule has 3 aromatic carbocycles. The number of anilines is 1. The Morgan fingerprint density at radius 2 is 1.62 bits per heavy atom. The van der Waals surface area contributed by atoms with Crippen molar-refractivity contribution >= 4 is 11.6 Å². The van der Waals surface area contributed by atoms with Crippen molar-refractivity contribution in [3.05, 3.63) is 83.4 Å². The Kier molecular flexibility index (Phi) is 7.41. The minimum atomic E-state index is -0.228. The fraction of sp³-hybridized carbons (Fsp3) is 0.296. The molecule has 0 bridgehead atoms. The smallest absolute Gasteiger partial charge is 0.255 e. The maximum absolute atomic E-state index is 12.9. The number of carbonyl (C=O) groups excluding carboxylic acids is 1. The van der Waals surface area contributed by atoms with Crippen LogP contribution in [0, 0.1) is 0 Å². The number of methoxy groups -OCH3 is 1. The third-order valence-corrected chi connectivity index (χ3v) is 5.09. The zero-order valence-corrected chi connectivity index (χ0v) is 19.4. The quantitative estimate of drug-likeness (QED) is 0.458. The topological polar surface area (TPSA) is 56.8 Å². The summed E-state index contributed by atoms with van der Waals surface area (Å²) in [6.45, 7) is 9.29. The predicted molar refractivity (Wildman–Crippen MR) is 128 cm³/mol. The molecule has 0 heterocycles. The number of benzene rings is 3. The molecule has 1 amide bonds. The Morgan fingerprint density at radius 3 is 2.28 bits per heavy atom. The Morgan fingerprint density at radius 1 is 0.906 bits per heavy atom. The average Bonchev–Trinajstić information content (AvgIpc) is 2.78. The zero-order chi connectivity index (χ0) is 23.1. The molecule has 0 radical (unpaired) electrons. The van der Waals surface area contributed by atoms with Gasteiger partial charge in [-0.3, -0.25) is 4.79 Å². The second-order valence-electron chi connectivity index (χ2n) is 8.47. The third kappa shape index (κ3) is 5.82. The van der Waals surface area contributed by atoms with Gasteiger partial charge in [-0.05, 0) is 60.4 Å². The molecule has 5 nitrogen and oxygen atoms in total. The first-order valence-electron chi connectivity index (χ1n) is 10.7. The predicted octanol–water partition coefficient (Wildman–Crippen LogP) is 6.22. The molecule has 1 N–H and O–H groups in total. The van der Waals surface area contributed by atoms with E-state index in [9.17, 15) is 4.79 Å². The monoisotopic (exact) mass is 433 g/mol. The van der Waals surface area contributed by atoms with Crippen molar-refractivity contribution in [2.24, 2.45) is 0 Å². The van der Waals surface area contributed by atoms with Crippen LogP contribution in [-0.2, 0) is 12.0 Å². The Labute approximate surface area is 190 Å². The van der Waals surface area contributed by atoms with Crippen molar-refractivity contribution in [3.8, 4) is 17.2 Å². The average molecular weight is 434 g/mol. The summed E-state index contributed by atoms with van der Waals surface area (Å²) in [5.41, 5.74) is 3.27. The highest BCUT2D eigenvalue weighted by atomic mass is 16.5. The molecular formula is C27H31NO4. The summed E-state index contributed by atoms with van der Waals surface area (Å²) >= 11 is 0. The van der Waals surface area contributed by atoms with Crippen LogP contribution >= 0.6 is 0 Å². The third-order valence-electron chi connectivity index (χ3n) is 5.09. The van der Waals surface area contributed by atoms with Crippen LogP contribution in [0.2, 0.25) is 0 Å². The first kappa shape index (κ1) is 23.2. The van der Waals surface area contributed by atoms with Crippen LogP contribution in [0.3, 0.4) is 0 Å². The summed E-state index contributed by atoms with van der Waals surface area (Å²) in [5.74, 6) is 1.85. The highest BCUT2D eigenvalue weighted by Crippen LogP contribution is 2.27. The fourth-order valence-electron chi connectivity index (χ4n) is 3.28. The van der Waals surface area contributed by atoms with Crippen LogP contribution in [0.4, 0.5) is 5.69 Å². The molecule has 0 aliphatic heterocycles. The van der Waals surface area contributed by atoms with Crippen molar-refractivity contribution < 1.29 is 19.0 Å². The molecule has 3 rings (SSSR count). The van der Waals surface area contributed by atoms with Crippen molar-refractivity contribution in [3.63, 3.8) is 0 Å². The van der Waals surface area contributed by atoms with Crippen molar-refractivity contribution in [2.75, 3.05) is 19.0 Å². The number of hydrogen-bond donors (Lipinski definition) is 1. The zero-order valence-electron chi connectivity index (χ0n) is 19.4. The van der Waals surface area contributed by atoms with E-state index >= 15 is 0 Å². The second kappa shape index (κ2) is 10.2. The minimum Gasteiger partial charge on any atom is -0.495 e. The normalized spacial score (nSPS) is 11.0. The van der Waals surface area contributed by atoms with Gasteiger partial charge in [-0.15, -0.1) is 0 Å². The van der Waals surface area contributed by atoms with E-state index in [2.05, 4.69) is 38.2 Å². The van der Waals surface area contributed by atoms with Gasteiger partial charge in [-0.2, -0.15) is 0 Å². The van der Waals surface area contributed by atoms with Gasteiger partial charge in [0.15, 0.2) is 0 Å². The van der Waals surface area contributed by atoms with E-state index in [1.54, 1.807) is 31.4 Å². The lowest BCUT2D eigenvalue weighted by molar-refractivity contribution is 0.102. The van der Waals surface area contributed by atoms with Crippen LogP contribution in [0.25, 0.3) is 0 Å². The molecule has 0 aromatic heterocycles. The highest BCUT2D eigenvalue weighted by Gasteiger charge is 2.15. The van der Waals surface area contributed by atoms with Gasteiger partial charge in [0, 0.05) is 11.1 Å². The van der Waals surface area contributed by atoms with Gasteiger partial charge in [0.05, 0.1) is 19.4 Å². The molecule has 168 valence electrons. The highest BCUT2D eigenvalue weighted by molar-refractivity contribution is 6.05. The molecule has 32 heavy (non-hydrogen) atoms. The summed E-state index contributed by atoms with van der Waals surface area (Å²) in [6.07, 6.45) is 0. The van der Waals surface area contributed by atoms with E-state index < -0.39 is 0 Å². The van der Waals surface area contributed by atoms with Crippen molar-refractivity contribution in [1.29, 1.82) is 0 Å². The molecule has 0 saturated carbocycles. The molecular weight excluding hydrogens is 402 g/mol. The molecule has 0 atom stereocenters. The van der Waals surface area contributed by atoms with E-state index in [-0.39, 0.29) is 11.3 Å². The number of carbonyl (C=O) groups is 1. The van der Waals surface area contributed by atoms with Crippen LogP contribution in [0.15, 0.2) is 66.7 Å². The molecule has 0 spiro atoms. The van der Waals surface area contributed by atoms with Crippen LogP contribution in [0.1, 0.15) is 49.2 Å². The van der Waals surface area contributed by atoms with Gasteiger partial charge in [0.1, 0.15) is 23.9 Å². The summed E-state index contributed by atoms with van der Waals surface area (Å²) in [5, 5.41) is 2.90. The second-order valence-corrected chi connectivity index (χ2v) is 8.47. The number of nitrogens with one attached hydrogen (secondary N) is 1. The number of rotatable bonds is 8. The molecule has 5 heteroatoms. The van der Waals surface area contributed by atoms with Gasteiger partial charge in [-0.25, -0.2) is 0 Å². The van der Waals surface area contributed by atoms with Crippen molar-refractivity contribution in [1.82, 2.24) is 0 Å². The first-order chi connectivity index (χ1) is 15.3. The van der Waals surface area contributed by atoms with Gasteiger partial charge in [0.2, 0.25) is 0 Å². The van der Waals surface area contributed by atoms with E-state index in [0.717, 1.165) is 11.3 Å². The Hall–Kier alpha value is -3.47. The largest absolute Gasteiger partial charge is 0.495 e. The van der Waals surface area contributed by atoms with Gasteiger partial charge >= 0.3 is 0 Å². The van der Waals surface area contributed by atoms with Crippen LogP contribution in [0.5, 0.6) is 17.2 Å². The number of hydrogen-bond acceptors (Lipinski definition) is 4. The lowest BCUT2D eigenvalue weighted by Gasteiger charge is -2.19. The first-order valence-corrected chi connectivity index (χ1v) is 10.7. The summed E-state index contributed by atoms with van der Waals surface area (Å²) < 4.78 is 17.1. The molecule has 0 aliphatic rings. The number of ether oxygens (including phenoxy) is 3. The van der Waals surface area contributed by atoms with Gasteiger partial charge in [0.25, 0.3) is 5.91 Å².